The number of aliphatic hydroxyl groups is 1. The van der Waals surface area contributed by atoms with Gasteiger partial charge in [0, 0.05) is 6.42 Å². The van der Waals surface area contributed by atoms with Crippen molar-refractivity contribution in [3.05, 3.63) is 35.4 Å². The monoisotopic (exact) mass is 258 g/mol. The zero-order chi connectivity index (χ0) is 13.1. The van der Waals surface area contributed by atoms with Crippen molar-refractivity contribution in [1.29, 1.82) is 0 Å². The van der Waals surface area contributed by atoms with Crippen LogP contribution >= 0.6 is 0 Å². The Morgan fingerprint density at radius 2 is 1.82 bits per heavy atom. The van der Waals surface area contributed by atoms with Crippen molar-refractivity contribution in [3.8, 4) is 0 Å². The number of rotatable bonds is 5. The molecule has 0 bridgehead atoms. The molecule has 1 aromatic carbocycles. The Morgan fingerprint density at radius 1 is 1.24 bits per heavy atom. The first-order valence-corrected chi connectivity index (χ1v) is 7.02. The molecule has 0 saturated carbocycles. The summed E-state index contributed by atoms with van der Waals surface area (Å²) >= 11 is 0. The van der Waals surface area contributed by atoms with Crippen molar-refractivity contribution in [2.24, 2.45) is 0 Å². The molecule has 0 unspecified atom stereocenters. The van der Waals surface area contributed by atoms with Crippen LogP contribution in [0.4, 0.5) is 0 Å². The van der Waals surface area contributed by atoms with E-state index in [9.17, 15) is 13.5 Å². The highest BCUT2D eigenvalue weighted by Crippen LogP contribution is 2.14. The minimum Gasteiger partial charge on any atom is -0.390 e. The van der Waals surface area contributed by atoms with E-state index in [-0.39, 0.29) is 12.2 Å². The van der Waals surface area contributed by atoms with Gasteiger partial charge in [-0.1, -0.05) is 24.3 Å². The van der Waals surface area contributed by atoms with Crippen molar-refractivity contribution in [2.75, 3.05) is 5.75 Å². The van der Waals surface area contributed by atoms with Crippen LogP contribution in [0.5, 0.6) is 0 Å². The SMILES string of the molecule is CC(C)(O)Cc1cccc(CCS(=O)(=O)O)c1. The molecule has 0 radical (unpaired) electrons. The molecule has 17 heavy (non-hydrogen) atoms. The number of hydrogen-bond acceptors (Lipinski definition) is 3. The van der Waals surface area contributed by atoms with Crippen molar-refractivity contribution < 1.29 is 18.1 Å². The van der Waals surface area contributed by atoms with Crippen LogP contribution in [-0.2, 0) is 23.0 Å². The van der Waals surface area contributed by atoms with E-state index in [1.165, 1.54) is 0 Å². The summed E-state index contributed by atoms with van der Waals surface area (Å²) in [6.07, 6.45) is 0.783. The van der Waals surface area contributed by atoms with Gasteiger partial charge in [-0.05, 0) is 31.4 Å². The summed E-state index contributed by atoms with van der Waals surface area (Å²) in [6.45, 7) is 3.44. The highest BCUT2D eigenvalue weighted by molar-refractivity contribution is 7.85. The maximum absolute atomic E-state index is 10.6. The molecule has 1 rings (SSSR count). The Labute approximate surface area is 102 Å². The van der Waals surface area contributed by atoms with Gasteiger partial charge < -0.3 is 5.11 Å². The van der Waals surface area contributed by atoms with Gasteiger partial charge in [0.2, 0.25) is 0 Å². The quantitative estimate of drug-likeness (QED) is 0.783. The third-order valence-electron chi connectivity index (χ3n) is 2.28. The van der Waals surface area contributed by atoms with E-state index in [4.69, 9.17) is 4.55 Å². The van der Waals surface area contributed by atoms with Crippen LogP contribution in [0.25, 0.3) is 0 Å². The molecule has 2 N–H and O–H groups in total. The maximum atomic E-state index is 10.6. The Hall–Kier alpha value is -0.910. The van der Waals surface area contributed by atoms with Gasteiger partial charge in [0.25, 0.3) is 10.1 Å². The smallest absolute Gasteiger partial charge is 0.265 e. The Bertz CT molecular complexity index is 472. The van der Waals surface area contributed by atoms with Gasteiger partial charge in [-0.3, -0.25) is 4.55 Å². The van der Waals surface area contributed by atoms with Gasteiger partial charge in [0.15, 0.2) is 0 Å². The second kappa shape index (κ2) is 5.16. The number of benzene rings is 1. The second-order valence-electron chi connectivity index (χ2n) is 4.85. The van der Waals surface area contributed by atoms with Gasteiger partial charge in [0.1, 0.15) is 0 Å². The standard InChI is InChI=1S/C12H18O4S/c1-12(2,13)9-11-5-3-4-10(8-11)6-7-17(14,15)16/h3-5,8,13H,6-7,9H2,1-2H3,(H,14,15,16). The molecule has 1 aromatic rings. The molecule has 96 valence electrons. The fourth-order valence-electron chi connectivity index (χ4n) is 1.64. The number of hydrogen-bond donors (Lipinski definition) is 2. The van der Waals surface area contributed by atoms with E-state index in [0.717, 1.165) is 11.1 Å². The molecule has 4 nitrogen and oxygen atoms in total. The van der Waals surface area contributed by atoms with Gasteiger partial charge in [-0.25, -0.2) is 0 Å². The summed E-state index contributed by atoms with van der Waals surface area (Å²) in [5.74, 6) is -0.279. The molecule has 0 aliphatic heterocycles. The molecule has 0 amide bonds. The van der Waals surface area contributed by atoms with Crippen molar-refractivity contribution in [2.45, 2.75) is 32.3 Å². The molecule has 0 fully saturated rings. The molecule has 0 atom stereocenters. The molecule has 0 aliphatic carbocycles. The highest BCUT2D eigenvalue weighted by Gasteiger charge is 2.13. The van der Waals surface area contributed by atoms with Gasteiger partial charge in [0.05, 0.1) is 11.4 Å². The van der Waals surface area contributed by atoms with Crippen molar-refractivity contribution >= 4 is 10.1 Å². The minimum atomic E-state index is -3.92. The predicted octanol–water partition coefficient (Wildman–Crippen LogP) is 1.43. The van der Waals surface area contributed by atoms with E-state index >= 15 is 0 Å². The largest absolute Gasteiger partial charge is 0.390 e. The van der Waals surface area contributed by atoms with Crippen LogP contribution in [0.15, 0.2) is 24.3 Å². The fourth-order valence-corrected chi connectivity index (χ4v) is 2.14. The molecule has 0 spiro atoms. The Kier molecular flexibility index (Phi) is 4.30. The van der Waals surface area contributed by atoms with Crippen LogP contribution in [-0.4, -0.2) is 29.4 Å². The average Bonchev–Trinajstić information content (AvgIpc) is 2.11. The molecule has 0 aromatic heterocycles. The molecule has 0 saturated heterocycles. The summed E-state index contributed by atoms with van der Waals surface area (Å²) in [6, 6.07) is 7.36. The second-order valence-corrected chi connectivity index (χ2v) is 6.42. The highest BCUT2D eigenvalue weighted by atomic mass is 32.2. The van der Waals surface area contributed by atoms with Crippen LogP contribution in [0.2, 0.25) is 0 Å². The lowest BCUT2D eigenvalue weighted by Crippen LogP contribution is -2.21. The third-order valence-corrected chi connectivity index (χ3v) is 3.00. The first-order chi connectivity index (χ1) is 7.66. The van der Waals surface area contributed by atoms with E-state index in [1.54, 1.807) is 19.9 Å². The van der Waals surface area contributed by atoms with E-state index in [0.29, 0.717) is 6.42 Å². The summed E-state index contributed by atoms with van der Waals surface area (Å²) < 4.78 is 29.9. The van der Waals surface area contributed by atoms with Crippen LogP contribution in [0, 0.1) is 0 Å². The van der Waals surface area contributed by atoms with E-state index in [2.05, 4.69) is 0 Å². The first-order valence-electron chi connectivity index (χ1n) is 5.41. The average molecular weight is 258 g/mol. The number of aryl methyl sites for hydroxylation is 1. The summed E-state index contributed by atoms with van der Waals surface area (Å²) in [5, 5.41) is 9.69. The van der Waals surface area contributed by atoms with Crippen LogP contribution in [0.3, 0.4) is 0 Å². The Morgan fingerprint density at radius 3 is 2.35 bits per heavy atom. The lowest BCUT2D eigenvalue weighted by atomic mass is 9.97. The fraction of sp³-hybridized carbons (Fsp3) is 0.500. The maximum Gasteiger partial charge on any atom is 0.265 e. The molecule has 0 aliphatic rings. The normalized spacial score (nSPS) is 12.7. The van der Waals surface area contributed by atoms with Crippen LogP contribution in [0.1, 0.15) is 25.0 Å². The summed E-state index contributed by atoms with van der Waals surface area (Å²) in [4.78, 5) is 0. The topological polar surface area (TPSA) is 74.6 Å². The van der Waals surface area contributed by atoms with E-state index in [1.807, 2.05) is 18.2 Å². The van der Waals surface area contributed by atoms with Gasteiger partial charge >= 0.3 is 0 Å². The lowest BCUT2D eigenvalue weighted by Gasteiger charge is -2.17. The summed E-state index contributed by atoms with van der Waals surface area (Å²) in [7, 11) is -3.92. The molecular weight excluding hydrogens is 240 g/mol. The molecular formula is C12H18O4S. The molecule has 5 heteroatoms. The molecule has 0 heterocycles. The van der Waals surface area contributed by atoms with Gasteiger partial charge in [-0.2, -0.15) is 8.42 Å². The third kappa shape index (κ3) is 6.41. The lowest BCUT2D eigenvalue weighted by molar-refractivity contribution is 0.0810. The van der Waals surface area contributed by atoms with Crippen molar-refractivity contribution in [1.82, 2.24) is 0 Å². The predicted molar refractivity (Wildman–Crippen MR) is 66.6 cm³/mol. The Balaban J connectivity index is 2.73. The van der Waals surface area contributed by atoms with Gasteiger partial charge in [-0.15, -0.1) is 0 Å². The zero-order valence-electron chi connectivity index (χ0n) is 10.0. The van der Waals surface area contributed by atoms with E-state index < -0.39 is 15.7 Å². The first kappa shape index (κ1) is 14.2. The van der Waals surface area contributed by atoms with Crippen LogP contribution < -0.4 is 0 Å². The zero-order valence-corrected chi connectivity index (χ0v) is 10.9. The summed E-state index contributed by atoms with van der Waals surface area (Å²) in [5.41, 5.74) is 0.997. The minimum absolute atomic E-state index is 0.276. The van der Waals surface area contributed by atoms with Crippen molar-refractivity contribution in [3.63, 3.8) is 0 Å².